The van der Waals surface area contributed by atoms with Crippen LogP contribution in [0.25, 0.3) is 0 Å². The van der Waals surface area contributed by atoms with E-state index in [0.717, 1.165) is 51.4 Å². The molecule has 0 aliphatic carbocycles. The van der Waals surface area contributed by atoms with E-state index in [-0.39, 0.29) is 23.7 Å². The normalized spacial score (nSPS) is 12.5. The maximum absolute atomic E-state index is 12.8. The lowest BCUT2D eigenvalue weighted by Crippen LogP contribution is -2.42. The van der Waals surface area contributed by atoms with Gasteiger partial charge in [-0.1, -0.05) is 220 Å². The molecule has 0 radical (unpaired) electrons. The van der Waals surface area contributed by atoms with Gasteiger partial charge in [-0.15, -0.1) is 0 Å². The molecule has 0 saturated heterocycles. The Labute approximate surface area is 340 Å². The molecular weight excluding hydrogens is 691 g/mol. The Kier molecular flexibility index (Phi) is 41.9. The third-order valence-corrected chi connectivity index (χ3v) is 12.1. The molecule has 0 aliphatic rings. The second-order valence-corrected chi connectivity index (χ2v) is 17.4. The van der Waals surface area contributed by atoms with Crippen LogP contribution in [0.4, 0.5) is 0 Å². The van der Waals surface area contributed by atoms with Gasteiger partial charge in [0, 0.05) is 24.3 Å². The number of carbonyl (C=O) groups excluding carboxylic acids is 2. The zero-order valence-electron chi connectivity index (χ0n) is 36.2. The summed E-state index contributed by atoms with van der Waals surface area (Å²) in [5, 5.41) is 12.6. The summed E-state index contributed by atoms with van der Waals surface area (Å²) >= 11 is 1.48. The van der Waals surface area contributed by atoms with Gasteiger partial charge < -0.3 is 15.2 Å². The van der Waals surface area contributed by atoms with Gasteiger partial charge >= 0.3 is 11.9 Å². The number of ether oxygens (including phenoxy) is 1. The van der Waals surface area contributed by atoms with E-state index < -0.39 is 12.0 Å². The minimum atomic E-state index is -1.000. The summed E-state index contributed by atoms with van der Waals surface area (Å²) in [7, 11) is 0. The quantitative estimate of drug-likeness (QED) is 0.0472. The first kappa shape index (κ1) is 52.8. The van der Waals surface area contributed by atoms with Gasteiger partial charge in [-0.3, -0.25) is 9.59 Å². The van der Waals surface area contributed by atoms with Crippen LogP contribution < -0.4 is 5.32 Å². The summed E-state index contributed by atoms with van der Waals surface area (Å²) in [5.41, 5.74) is 0. The monoisotopic (exact) mass is 782 g/mol. The molecule has 0 aromatic heterocycles. The Morgan fingerprint density at radius 2 is 0.796 bits per heavy atom. The van der Waals surface area contributed by atoms with E-state index in [1.165, 1.54) is 185 Å². The first-order valence-corrected chi connectivity index (χ1v) is 24.9. The van der Waals surface area contributed by atoms with Crippen molar-refractivity contribution in [2.24, 2.45) is 0 Å². The van der Waals surface area contributed by atoms with Crippen molar-refractivity contribution in [3.63, 3.8) is 0 Å². The third kappa shape index (κ3) is 39.0. The average molecular weight is 782 g/mol. The highest BCUT2D eigenvalue weighted by Gasteiger charge is 2.22. The highest BCUT2D eigenvalue weighted by Crippen LogP contribution is 2.19. The van der Waals surface area contributed by atoms with E-state index in [2.05, 4.69) is 26.1 Å². The molecule has 0 fully saturated rings. The molecule has 0 saturated carbocycles. The SMILES string of the molecule is CCCCCCCCCCCCCCCC(=O)N[C@H](CSC[C@@H](CCCCCCCCCC)OC(=O)CCCCCCCCCCCCCCC)C(=O)O. The van der Waals surface area contributed by atoms with Gasteiger partial charge in [-0.25, -0.2) is 4.79 Å². The van der Waals surface area contributed by atoms with Gasteiger partial charge in [0.15, 0.2) is 0 Å². The molecule has 0 spiro atoms. The van der Waals surface area contributed by atoms with Gasteiger partial charge in [-0.2, -0.15) is 11.8 Å². The Morgan fingerprint density at radius 1 is 0.463 bits per heavy atom. The zero-order chi connectivity index (χ0) is 39.6. The zero-order valence-corrected chi connectivity index (χ0v) is 37.0. The van der Waals surface area contributed by atoms with Crippen LogP contribution in [0.1, 0.15) is 258 Å². The fraction of sp³-hybridized carbons (Fsp3) is 0.936. The van der Waals surface area contributed by atoms with Crippen molar-refractivity contribution < 1.29 is 24.2 Å². The fourth-order valence-electron chi connectivity index (χ4n) is 7.28. The molecule has 0 unspecified atom stereocenters. The number of carboxylic acid groups (broad SMARTS) is 1. The third-order valence-electron chi connectivity index (χ3n) is 10.9. The predicted octanol–water partition coefficient (Wildman–Crippen LogP) is 14.7. The van der Waals surface area contributed by atoms with Crippen molar-refractivity contribution in [1.29, 1.82) is 0 Å². The summed E-state index contributed by atoms with van der Waals surface area (Å²) < 4.78 is 5.98. The van der Waals surface area contributed by atoms with E-state index in [1.807, 2.05) is 0 Å². The maximum atomic E-state index is 12.8. The molecule has 0 aromatic rings. The highest BCUT2D eigenvalue weighted by molar-refractivity contribution is 7.99. The largest absolute Gasteiger partial charge is 0.480 e. The van der Waals surface area contributed by atoms with E-state index in [9.17, 15) is 19.5 Å². The summed E-state index contributed by atoms with van der Waals surface area (Å²) in [5.74, 6) is -0.446. The van der Waals surface area contributed by atoms with Crippen LogP contribution >= 0.6 is 11.8 Å². The molecule has 0 aliphatic heterocycles. The van der Waals surface area contributed by atoms with Crippen LogP contribution in [-0.4, -0.2) is 46.6 Å². The van der Waals surface area contributed by atoms with Crippen LogP contribution in [-0.2, 0) is 19.1 Å². The van der Waals surface area contributed by atoms with E-state index in [0.29, 0.717) is 18.6 Å². The summed E-state index contributed by atoms with van der Waals surface area (Å²) in [6.07, 6.45) is 44.1. The van der Waals surface area contributed by atoms with Gasteiger partial charge in [0.05, 0.1) is 0 Å². The lowest BCUT2D eigenvalue weighted by atomic mass is 10.0. The summed E-state index contributed by atoms with van der Waals surface area (Å²) in [6, 6.07) is -0.922. The van der Waals surface area contributed by atoms with Crippen molar-refractivity contribution in [3.05, 3.63) is 0 Å². The summed E-state index contributed by atoms with van der Waals surface area (Å²) in [6.45, 7) is 6.77. The maximum Gasteiger partial charge on any atom is 0.327 e. The average Bonchev–Trinajstić information content (AvgIpc) is 3.15. The number of hydrogen-bond donors (Lipinski definition) is 2. The van der Waals surface area contributed by atoms with Crippen LogP contribution in [0, 0.1) is 0 Å². The first-order valence-electron chi connectivity index (χ1n) is 23.7. The molecule has 54 heavy (non-hydrogen) atoms. The molecule has 2 atom stereocenters. The number of hydrogen-bond acceptors (Lipinski definition) is 5. The number of rotatable bonds is 44. The Morgan fingerprint density at radius 3 is 1.17 bits per heavy atom. The van der Waals surface area contributed by atoms with Gasteiger partial charge in [-0.05, 0) is 25.7 Å². The van der Waals surface area contributed by atoms with Crippen LogP contribution in [0.15, 0.2) is 0 Å². The lowest BCUT2D eigenvalue weighted by molar-refractivity contribution is -0.148. The molecule has 320 valence electrons. The number of nitrogens with one attached hydrogen (secondary N) is 1. The smallest absolute Gasteiger partial charge is 0.327 e. The van der Waals surface area contributed by atoms with Crippen LogP contribution in [0.3, 0.4) is 0 Å². The standard InChI is InChI=1S/C47H91NO5S/c1-4-7-10-13-16-19-21-23-25-27-30-33-36-39-45(49)48-44(47(51)52)42-54-41-43(38-35-32-29-18-15-12-9-6-3)53-46(50)40-37-34-31-28-26-24-22-20-17-14-11-8-5-2/h43-44H,4-42H2,1-3H3,(H,48,49)(H,51,52)/t43-,44-/m1/s1. The van der Waals surface area contributed by atoms with E-state index >= 15 is 0 Å². The molecule has 2 N–H and O–H groups in total. The van der Waals surface area contributed by atoms with Crippen molar-refractivity contribution in [1.82, 2.24) is 5.32 Å². The number of aliphatic carboxylic acids is 1. The Hall–Kier alpha value is -1.24. The van der Waals surface area contributed by atoms with Crippen LogP contribution in [0.5, 0.6) is 0 Å². The molecule has 0 bridgehead atoms. The second kappa shape index (κ2) is 42.9. The Bertz CT molecular complexity index is 824. The van der Waals surface area contributed by atoms with Crippen molar-refractivity contribution >= 4 is 29.6 Å². The van der Waals surface area contributed by atoms with Crippen molar-refractivity contribution in [2.45, 2.75) is 270 Å². The molecule has 7 heteroatoms. The fourth-order valence-corrected chi connectivity index (χ4v) is 8.37. The van der Waals surface area contributed by atoms with Gasteiger partial charge in [0.2, 0.25) is 5.91 Å². The molecule has 1 amide bonds. The van der Waals surface area contributed by atoms with Crippen molar-refractivity contribution in [2.75, 3.05) is 11.5 Å². The first-order chi connectivity index (χ1) is 26.4. The lowest BCUT2D eigenvalue weighted by Gasteiger charge is -2.20. The van der Waals surface area contributed by atoms with E-state index in [4.69, 9.17) is 4.74 Å². The van der Waals surface area contributed by atoms with Crippen molar-refractivity contribution in [3.8, 4) is 0 Å². The van der Waals surface area contributed by atoms with Gasteiger partial charge in [0.1, 0.15) is 12.1 Å². The minimum Gasteiger partial charge on any atom is -0.480 e. The number of carboxylic acids is 1. The van der Waals surface area contributed by atoms with Gasteiger partial charge in [0.25, 0.3) is 0 Å². The number of amides is 1. The van der Waals surface area contributed by atoms with Crippen LogP contribution in [0.2, 0.25) is 0 Å². The molecule has 0 heterocycles. The number of carbonyl (C=O) groups is 3. The second-order valence-electron chi connectivity index (χ2n) is 16.4. The summed E-state index contributed by atoms with van der Waals surface area (Å²) in [4.78, 5) is 37.4. The molecule has 0 rings (SSSR count). The number of esters is 1. The topological polar surface area (TPSA) is 92.7 Å². The highest BCUT2D eigenvalue weighted by atomic mass is 32.2. The van der Waals surface area contributed by atoms with E-state index in [1.54, 1.807) is 0 Å². The number of unbranched alkanes of at least 4 members (excludes halogenated alkanes) is 31. The molecule has 6 nitrogen and oxygen atoms in total. The molecular formula is C47H91NO5S. The molecule has 0 aromatic carbocycles. The Balaban J connectivity index is 4.38. The minimum absolute atomic E-state index is 0.121. The predicted molar refractivity (Wildman–Crippen MR) is 235 cm³/mol. The number of thioether (sulfide) groups is 1.